The lowest BCUT2D eigenvalue weighted by atomic mass is 10.0. The molecule has 2 nitrogen and oxygen atoms in total. The molecule has 0 aliphatic carbocycles. The quantitative estimate of drug-likeness (QED) is 0.632. The predicted molar refractivity (Wildman–Crippen MR) is 91.8 cm³/mol. The van der Waals surface area contributed by atoms with Gasteiger partial charge in [-0.2, -0.15) is 0 Å². The Labute approximate surface area is 136 Å². The Morgan fingerprint density at radius 1 is 0.826 bits per heavy atom. The largest absolute Gasteiger partial charge is 0.489 e. The molecule has 0 spiro atoms. The fourth-order valence-corrected chi connectivity index (χ4v) is 2.34. The van der Waals surface area contributed by atoms with E-state index in [0.29, 0.717) is 23.5 Å². The highest BCUT2D eigenvalue weighted by molar-refractivity contribution is 6.09. The van der Waals surface area contributed by atoms with E-state index in [1.165, 1.54) is 0 Å². The van der Waals surface area contributed by atoms with Gasteiger partial charge >= 0.3 is 0 Å². The van der Waals surface area contributed by atoms with E-state index >= 15 is 0 Å². The van der Waals surface area contributed by atoms with E-state index in [-0.39, 0.29) is 5.78 Å². The zero-order valence-corrected chi connectivity index (χ0v) is 13.0. The smallest absolute Gasteiger partial charge is 0.193 e. The lowest BCUT2D eigenvalue weighted by Crippen LogP contribution is -2.02. The van der Waals surface area contributed by atoms with Crippen LogP contribution in [0.2, 0.25) is 0 Å². The number of aryl methyl sites for hydroxylation is 1. The summed E-state index contributed by atoms with van der Waals surface area (Å²) in [6, 6.07) is 24.9. The van der Waals surface area contributed by atoms with E-state index < -0.39 is 0 Å². The van der Waals surface area contributed by atoms with Crippen LogP contribution < -0.4 is 4.74 Å². The molecule has 0 atom stereocenters. The first kappa shape index (κ1) is 15.0. The van der Waals surface area contributed by atoms with Crippen molar-refractivity contribution in [1.29, 1.82) is 0 Å². The molecule has 0 radical (unpaired) electrons. The summed E-state index contributed by atoms with van der Waals surface area (Å²) < 4.78 is 5.79. The molecule has 0 aliphatic heterocycles. The van der Waals surface area contributed by atoms with Crippen molar-refractivity contribution in [2.75, 3.05) is 0 Å². The lowest BCUT2D eigenvalue weighted by molar-refractivity contribution is 0.103. The summed E-state index contributed by atoms with van der Waals surface area (Å²) in [6.45, 7) is 2.50. The standard InChI is InChI=1S/C21H18O2/c1-16-10-12-18(13-11-16)21(22)19-8-5-9-20(14-19)23-15-17-6-3-2-4-7-17/h2-14H,15H2,1H3. The number of ketones is 1. The number of hydrogen-bond donors (Lipinski definition) is 0. The zero-order chi connectivity index (χ0) is 16.1. The molecule has 0 amide bonds. The molecule has 0 bridgehead atoms. The van der Waals surface area contributed by atoms with Crippen LogP contribution in [-0.4, -0.2) is 5.78 Å². The van der Waals surface area contributed by atoms with Gasteiger partial charge in [0.25, 0.3) is 0 Å². The second-order valence-electron chi connectivity index (χ2n) is 5.50. The summed E-state index contributed by atoms with van der Waals surface area (Å²) in [5.74, 6) is 0.710. The Morgan fingerprint density at radius 2 is 1.57 bits per heavy atom. The van der Waals surface area contributed by atoms with Crippen molar-refractivity contribution in [1.82, 2.24) is 0 Å². The van der Waals surface area contributed by atoms with Gasteiger partial charge in [0.2, 0.25) is 0 Å². The van der Waals surface area contributed by atoms with Gasteiger partial charge in [0.15, 0.2) is 5.78 Å². The van der Waals surface area contributed by atoms with Gasteiger partial charge < -0.3 is 4.74 Å². The van der Waals surface area contributed by atoms with Crippen LogP contribution in [0.1, 0.15) is 27.0 Å². The van der Waals surface area contributed by atoms with E-state index in [1.54, 1.807) is 6.07 Å². The molecule has 3 rings (SSSR count). The van der Waals surface area contributed by atoms with Crippen LogP contribution >= 0.6 is 0 Å². The van der Waals surface area contributed by atoms with Gasteiger partial charge in [-0.3, -0.25) is 4.79 Å². The van der Waals surface area contributed by atoms with E-state index in [9.17, 15) is 4.79 Å². The Balaban J connectivity index is 1.74. The van der Waals surface area contributed by atoms with Gasteiger partial charge in [0, 0.05) is 11.1 Å². The Hall–Kier alpha value is -2.87. The molecule has 3 aromatic rings. The highest BCUT2D eigenvalue weighted by Gasteiger charge is 2.09. The number of ether oxygens (including phenoxy) is 1. The lowest BCUT2D eigenvalue weighted by Gasteiger charge is -2.08. The fraction of sp³-hybridized carbons (Fsp3) is 0.0952. The van der Waals surface area contributed by atoms with Gasteiger partial charge in [0.1, 0.15) is 12.4 Å². The Kier molecular flexibility index (Phi) is 4.53. The second-order valence-corrected chi connectivity index (χ2v) is 5.50. The molecule has 0 N–H and O–H groups in total. The maximum atomic E-state index is 12.5. The highest BCUT2D eigenvalue weighted by atomic mass is 16.5. The molecule has 0 aromatic heterocycles. The maximum Gasteiger partial charge on any atom is 0.193 e. The summed E-state index contributed by atoms with van der Waals surface area (Å²) in [5.41, 5.74) is 3.57. The molecule has 0 saturated carbocycles. The first-order chi connectivity index (χ1) is 11.2. The average molecular weight is 302 g/mol. The van der Waals surface area contributed by atoms with E-state index in [0.717, 1.165) is 11.1 Å². The van der Waals surface area contributed by atoms with Gasteiger partial charge in [0.05, 0.1) is 0 Å². The molecular formula is C21H18O2. The van der Waals surface area contributed by atoms with E-state index in [1.807, 2.05) is 79.7 Å². The molecule has 0 fully saturated rings. The van der Waals surface area contributed by atoms with Gasteiger partial charge in [-0.1, -0.05) is 72.3 Å². The number of carbonyl (C=O) groups excluding carboxylic acids is 1. The fourth-order valence-electron chi connectivity index (χ4n) is 2.34. The minimum Gasteiger partial charge on any atom is -0.489 e. The number of rotatable bonds is 5. The third-order valence-corrected chi connectivity index (χ3v) is 3.66. The summed E-state index contributed by atoms with van der Waals surface area (Å²) in [6.07, 6.45) is 0. The minimum absolute atomic E-state index is 0.00941. The van der Waals surface area contributed by atoms with Crippen molar-refractivity contribution in [2.45, 2.75) is 13.5 Å². The Bertz CT molecular complexity index is 790. The molecule has 0 unspecified atom stereocenters. The zero-order valence-electron chi connectivity index (χ0n) is 13.0. The van der Waals surface area contributed by atoms with E-state index in [2.05, 4.69) is 0 Å². The molecule has 2 heteroatoms. The molecule has 114 valence electrons. The normalized spacial score (nSPS) is 10.3. The number of carbonyl (C=O) groups is 1. The van der Waals surface area contributed by atoms with Crippen molar-refractivity contribution in [3.63, 3.8) is 0 Å². The monoisotopic (exact) mass is 302 g/mol. The topological polar surface area (TPSA) is 26.3 Å². The Morgan fingerprint density at radius 3 is 2.30 bits per heavy atom. The summed E-state index contributed by atoms with van der Waals surface area (Å²) in [5, 5.41) is 0. The first-order valence-electron chi connectivity index (χ1n) is 7.60. The summed E-state index contributed by atoms with van der Waals surface area (Å²) in [4.78, 5) is 12.5. The predicted octanol–water partition coefficient (Wildman–Crippen LogP) is 4.81. The van der Waals surface area contributed by atoms with Crippen LogP contribution in [0.25, 0.3) is 0 Å². The average Bonchev–Trinajstić information content (AvgIpc) is 2.61. The van der Waals surface area contributed by atoms with Crippen LogP contribution in [0, 0.1) is 6.92 Å². The second kappa shape index (κ2) is 6.93. The van der Waals surface area contributed by atoms with Crippen LogP contribution in [0.15, 0.2) is 78.9 Å². The van der Waals surface area contributed by atoms with Crippen molar-refractivity contribution in [3.8, 4) is 5.75 Å². The van der Waals surface area contributed by atoms with Crippen molar-refractivity contribution >= 4 is 5.78 Å². The van der Waals surface area contributed by atoms with Crippen molar-refractivity contribution in [3.05, 3.63) is 101 Å². The third kappa shape index (κ3) is 3.86. The third-order valence-electron chi connectivity index (χ3n) is 3.66. The molecule has 0 heterocycles. The molecular weight excluding hydrogens is 284 g/mol. The van der Waals surface area contributed by atoms with Crippen LogP contribution in [0.4, 0.5) is 0 Å². The van der Waals surface area contributed by atoms with Gasteiger partial charge in [-0.25, -0.2) is 0 Å². The van der Waals surface area contributed by atoms with Gasteiger partial charge in [-0.05, 0) is 24.6 Å². The molecule has 0 aliphatic rings. The molecule has 3 aromatic carbocycles. The van der Waals surface area contributed by atoms with Crippen LogP contribution in [0.5, 0.6) is 5.75 Å². The first-order valence-corrected chi connectivity index (χ1v) is 7.60. The maximum absolute atomic E-state index is 12.5. The minimum atomic E-state index is 0.00941. The van der Waals surface area contributed by atoms with Gasteiger partial charge in [-0.15, -0.1) is 0 Å². The SMILES string of the molecule is Cc1ccc(C(=O)c2cccc(OCc3ccccc3)c2)cc1. The van der Waals surface area contributed by atoms with E-state index in [4.69, 9.17) is 4.74 Å². The number of benzene rings is 3. The summed E-state index contributed by atoms with van der Waals surface area (Å²) >= 11 is 0. The van der Waals surface area contributed by atoms with Crippen LogP contribution in [0.3, 0.4) is 0 Å². The summed E-state index contributed by atoms with van der Waals surface area (Å²) in [7, 11) is 0. The van der Waals surface area contributed by atoms with Crippen molar-refractivity contribution < 1.29 is 9.53 Å². The highest BCUT2D eigenvalue weighted by Crippen LogP contribution is 2.18. The number of hydrogen-bond acceptors (Lipinski definition) is 2. The molecule has 23 heavy (non-hydrogen) atoms. The van der Waals surface area contributed by atoms with Crippen LogP contribution in [-0.2, 0) is 6.61 Å². The van der Waals surface area contributed by atoms with Crippen molar-refractivity contribution in [2.24, 2.45) is 0 Å². The molecule has 0 saturated heterocycles.